The number of carbonyl (C=O) groups is 1. The summed E-state index contributed by atoms with van der Waals surface area (Å²) >= 11 is 0. The van der Waals surface area contributed by atoms with Gasteiger partial charge in [-0.15, -0.1) is 0 Å². The average Bonchev–Trinajstić information content (AvgIpc) is 2.38. The Hall–Kier alpha value is -0.870. The van der Waals surface area contributed by atoms with Crippen molar-refractivity contribution < 1.29 is 14.6 Å². The molecular formula is C13H21NO3. The molecule has 0 aromatic carbocycles. The van der Waals surface area contributed by atoms with Crippen LogP contribution in [0.1, 0.15) is 32.1 Å². The summed E-state index contributed by atoms with van der Waals surface area (Å²) in [7, 11) is 0. The lowest BCUT2D eigenvalue weighted by molar-refractivity contribution is -0.128. The van der Waals surface area contributed by atoms with Crippen molar-refractivity contribution in [2.45, 2.75) is 37.7 Å². The van der Waals surface area contributed by atoms with Crippen LogP contribution in [0, 0.1) is 5.92 Å². The van der Waals surface area contributed by atoms with Gasteiger partial charge in [-0.05, 0) is 19.3 Å². The molecule has 1 atom stereocenters. The maximum Gasteiger partial charge on any atom is 0.223 e. The summed E-state index contributed by atoms with van der Waals surface area (Å²) in [5.41, 5.74) is -0.765. The van der Waals surface area contributed by atoms with Crippen LogP contribution in [0.15, 0.2) is 12.2 Å². The normalized spacial score (nSPS) is 27.7. The summed E-state index contributed by atoms with van der Waals surface area (Å²) in [6, 6.07) is 0. The maximum atomic E-state index is 11.9. The highest BCUT2D eigenvalue weighted by atomic mass is 16.5. The van der Waals surface area contributed by atoms with E-state index in [4.69, 9.17) is 4.74 Å². The number of hydrogen-bond acceptors (Lipinski definition) is 3. The predicted molar refractivity (Wildman–Crippen MR) is 64.5 cm³/mol. The van der Waals surface area contributed by atoms with Gasteiger partial charge < -0.3 is 15.2 Å². The summed E-state index contributed by atoms with van der Waals surface area (Å²) in [6.07, 6.45) is 8.13. The van der Waals surface area contributed by atoms with Crippen LogP contribution in [-0.2, 0) is 9.53 Å². The minimum atomic E-state index is -0.765. The first-order valence-electron chi connectivity index (χ1n) is 6.42. The number of aliphatic hydroxyl groups is 1. The van der Waals surface area contributed by atoms with Gasteiger partial charge >= 0.3 is 0 Å². The van der Waals surface area contributed by atoms with Crippen LogP contribution in [0.25, 0.3) is 0 Å². The molecule has 0 saturated carbocycles. The van der Waals surface area contributed by atoms with Crippen molar-refractivity contribution in [3.8, 4) is 0 Å². The van der Waals surface area contributed by atoms with Gasteiger partial charge in [0, 0.05) is 38.5 Å². The molecule has 0 spiro atoms. The van der Waals surface area contributed by atoms with Gasteiger partial charge in [0.15, 0.2) is 0 Å². The molecule has 17 heavy (non-hydrogen) atoms. The highest BCUT2D eigenvalue weighted by Crippen LogP contribution is 2.21. The molecule has 2 N–H and O–H groups in total. The van der Waals surface area contributed by atoms with E-state index < -0.39 is 5.60 Å². The second-order valence-electron chi connectivity index (χ2n) is 5.04. The monoisotopic (exact) mass is 239 g/mol. The van der Waals surface area contributed by atoms with E-state index in [1.807, 2.05) is 0 Å². The second kappa shape index (κ2) is 5.65. The Labute approximate surface area is 102 Å². The number of allylic oxidation sites excluding steroid dienone is 2. The largest absolute Gasteiger partial charge is 0.388 e. The molecule has 2 rings (SSSR count). The molecule has 0 unspecified atom stereocenters. The molecule has 1 aliphatic carbocycles. The van der Waals surface area contributed by atoms with Gasteiger partial charge in [0.1, 0.15) is 0 Å². The Morgan fingerprint density at radius 1 is 1.41 bits per heavy atom. The summed E-state index contributed by atoms with van der Waals surface area (Å²) in [5.74, 6) is 0.165. The van der Waals surface area contributed by atoms with E-state index in [0.717, 1.165) is 19.3 Å². The first-order valence-corrected chi connectivity index (χ1v) is 6.42. The van der Waals surface area contributed by atoms with Crippen molar-refractivity contribution in [2.75, 3.05) is 19.8 Å². The van der Waals surface area contributed by atoms with Crippen molar-refractivity contribution in [1.82, 2.24) is 5.32 Å². The van der Waals surface area contributed by atoms with Gasteiger partial charge in [-0.1, -0.05) is 12.2 Å². The zero-order valence-electron chi connectivity index (χ0n) is 10.2. The lowest BCUT2D eigenvalue weighted by atomic mass is 9.91. The number of hydrogen-bond donors (Lipinski definition) is 2. The van der Waals surface area contributed by atoms with Crippen LogP contribution in [0.5, 0.6) is 0 Å². The molecule has 1 heterocycles. The molecule has 1 aliphatic heterocycles. The second-order valence-corrected chi connectivity index (χ2v) is 5.04. The fourth-order valence-electron chi connectivity index (χ4n) is 2.36. The van der Waals surface area contributed by atoms with Gasteiger partial charge in [-0.2, -0.15) is 0 Å². The molecule has 4 heteroatoms. The molecule has 0 aromatic rings. The Kier molecular flexibility index (Phi) is 4.18. The molecule has 96 valence electrons. The third kappa shape index (κ3) is 3.54. The van der Waals surface area contributed by atoms with Crippen LogP contribution < -0.4 is 5.32 Å². The Bertz CT molecular complexity index is 295. The quantitative estimate of drug-likeness (QED) is 0.722. The number of rotatable bonds is 3. The van der Waals surface area contributed by atoms with E-state index in [0.29, 0.717) is 32.6 Å². The third-order valence-corrected chi connectivity index (χ3v) is 3.66. The van der Waals surface area contributed by atoms with Crippen molar-refractivity contribution in [1.29, 1.82) is 0 Å². The minimum Gasteiger partial charge on any atom is -0.388 e. The van der Waals surface area contributed by atoms with E-state index in [2.05, 4.69) is 17.5 Å². The molecule has 2 aliphatic rings. The van der Waals surface area contributed by atoms with Crippen molar-refractivity contribution >= 4 is 5.91 Å². The molecule has 1 amide bonds. The molecular weight excluding hydrogens is 218 g/mol. The molecule has 0 radical (unpaired) electrons. The Balaban J connectivity index is 1.76. The SMILES string of the molecule is O=C(NCC1(O)CCOCC1)[C@H]1CC=CCC1. The molecule has 4 nitrogen and oxygen atoms in total. The maximum absolute atomic E-state index is 11.9. The highest BCUT2D eigenvalue weighted by Gasteiger charge is 2.31. The van der Waals surface area contributed by atoms with E-state index in [1.165, 1.54) is 0 Å². The van der Waals surface area contributed by atoms with Gasteiger partial charge in [0.25, 0.3) is 0 Å². The average molecular weight is 239 g/mol. The van der Waals surface area contributed by atoms with E-state index in [1.54, 1.807) is 0 Å². The number of ether oxygens (including phenoxy) is 1. The lowest BCUT2D eigenvalue weighted by Gasteiger charge is -2.32. The van der Waals surface area contributed by atoms with Crippen LogP contribution in [-0.4, -0.2) is 36.4 Å². The number of carbonyl (C=O) groups excluding carboxylic acids is 1. The minimum absolute atomic E-state index is 0.0780. The fourth-order valence-corrected chi connectivity index (χ4v) is 2.36. The zero-order valence-corrected chi connectivity index (χ0v) is 10.2. The van der Waals surface area contributed by atoms with Gasteiger partial charge in [0.05, 0.1) is 5.60 Å². The van der Waals surface area contributed by atoms with Gasteiger partial charge in [0.2, 0.25) is 5.91 Å². The van der Waals surface area contributed by atoms with Crippen LogP contribution >= 0.6 is 0 Å². The van der Waals surface area contributed by atoms with Crippen LogP contribution in [0.2, 0.25) is 0 Å². The van der Waals surface area contributed by atoms with E-state index >= 15 is 0 Å². The summed E-state index contributed by atoms with van der Waals surface area (Å²) in [6.45, 7) is 1.52. The Morgan fingerprint density at radius 3 is 2.82 bits per heavy atom. The van der Waals surface area contributed by atoms with Crippen molar-refractivity contribution in [2.24, 2.45) is 5.92 Å². The van der Waals surface area contributed by atoms with Crippen molar-refractivity contribution in [3.05, 3.63) is 12.2 Å². The zero-order chi connectivity index (χ0) is 12.1. The molecule has 0 aromatic heterocycles. The van der Waals surface area contributed by atoms with E-state index in [9.17, 15) is 9.90 Å². The number of amides is 1. The topological polar surface area (TPSA) is 58.6 Å². The fraction of sp³-hybridized carbons (Fsp3) is 0.769. The first kappa shape index (κ1) is 12.6. The van der Waals surface area contributed by atoms with Crippen LogP contribution in [0.4, 0.5) is 0 Å². The Morgan fingerprint density at radius 2 is 2.18 bits per heavy atom. The third-order valence-electron chi connectivity index (χ3n) is 3.66. The molecule has 0 bridgehead atoms. The van der Waals surface area contributed by atoms with E-state index in [-0.39, 0.29) is 11.8 Å². The standard InChI is InChI=1S/C13H21NO3/c15-12(11-4-2-1-3-5-11)14-10-13(16)6-8-17-9-7-13/h1-2,11,16H,3-10H2,(H,14,15)/t11-/m0/s1. The lowest BCUT2D eigenvalue weighted by Crippen LogP contribution is -2.47. The summed E-state index contributed by atoms with van der Waals surface area (Å²) in [5, 5.41) is 13.1. The summed E-state index contributed by atoms with van der Waals surface area (Å²) < 4.78 is 5.21. The van der Waals surface area contributed by atoms with Crippen molar-refractivity contribution in [3.63, 3.8) is 0 Å². The molecule has 1 saturated heterocycles. The number of nitrogens with one attached hydrogen (secondary N) is 1. The summed E-state index contributed by atoms with van der Waals surface area (Å²) in [4.78, 5) is 11.9. The highest BCUT2D eigenvalue weighted by molar-refractivity contribution is 5.79. The van der Waals surface area contributed by atoms with Gasteiger partial charge in [-0.3, -0.25) is 4.79 Å². The molecule has 1 fully saturated rings. The smallest absolute Gasteiger partial charge is 0.223 e. The van der Waals surface area contributed by atoms with Crippen LogP contribution in [0.3, 0.4) is 0 Å². The first-order chi connectivity index (χ1) is 8.20. The van der Waals surface area contributed by atoms with Gasteiger partial charge in [-0.25, -0.2) is 0 Å². The predicted octanol–water partition coefficient (Wildman–Crippen LogP) is 1.00.